The second-order valence-corrected chi connectivity index (χ2v) is 5.22. The number of nitrogens with zero attached hydrogens (tertiary/aromatic N) is 1. The quantitative estimate of drug-likeness (QED) is 0.434. The predicted octanol–water partition coefficient (Wildman–Crippen LogP) is 0.890. The molecule has 1 aliphatic heterocycles. The van der Waals surface area contributed by atoms with Gasteiger partial charge in [-0.25, -0.2) is 0 Å². The van der Waals surface area contributed by atoms with Gasteiger partial charge in [-0.1, -0.05) is 6.07 Å². The third-order valence-corrected chi connectivity index (χ3v) is 4.02. The Kier molecular flexibility index (Phi) is 4.68. The molecule has 0 spiro atoms. The zero-order valence-corrected chi connectivity index (χ0v) is 11.7. The van der Waals surface area contributed by atoms with E-state index in [9.17, 15) is 5.11 Å². The van der Waals surface area contributed by atoms with Crippen molar-refractivity contribution in [2.45, 2.75) is 10.9 Å². The lowest BCUT2D eigenvalue weighted by atomic mass is 10.1. The molecule has 1 saturated heterocycles. The van der Waals surface area contributed by atoms with Gasteiger partial charge in [0.05, 0.1) is 31.4 Å². The van der Waals surface area contributed by atoms with Crippen LogP contribution in [0.4, 0.5) is 5.69 Å². The molecule has 6 heteroatoms. The van der Waals surface area contributed by atoms with Crippen LogP contribution in [-0.4, -0.2) is 49.6 Å². The van der Waals surface area contributed by atoms with E-state index in [-0.39, 0.29) is 18.5 Å². The third kappa shape index (κ3) is 2.86. The molecule has 1 atom stereocenters. The molecule has 0 amide bonds. The first-order valence-corrected chi connectivity index (χ1v) is 7.38. The Morgan fingerprint density at radius 3 is 3.05 bits per heavy atom. The zero-order valence-electron chi connectivity index (χ0n) is 10.9. The molecule has 5 nitrogen and oxygen atoms in total. The molecule has 0 saturated carbocycles. The number of aliphatic hydroxyl groups excluding tert-OH is 1. The number of rotatable bonds is 4. The maximum atomic E-state index is 9.47. The van der Waals surface area contributed by atoms with E-state index in [1.54, 1.807) is 11.8 Å². The molecule has 0 radical (unpaired) electrons. The van der Waals surface area contributed by atoms with E-state index in [2.05, 4.69) is 4.90 Å². The van der Waals surface area contributed by atoms with Gasteiger partial charge in [-0.2, -0.15) is 0 Å². The molecule has 0 aliphatic carbocycles. The van der Waals surface area contributed by atoms with Crippen molar-refractivity contribution in [2.75, 3.05) is 37.5 Å². The van der Waals surface area contributed by atoms with E-state index in [4.69, 9.17) is 15.9 Å². The lowest BCUT2D eigenvalue weighted by Gasteiger charge is -2.37. The minimum Gasteiger partial charge on any atom is -0.394 e. The Labute approximate surface area is 117 Å². The van der Waals surface area contributed by atoms with Crippen molar-refractivity contribution in [2.24, 2.45) is 5.73 Å². The number of hydrogen-bond donors (Lipinski definition) is 3. The van der Waals surface area contributed by atoms with Gasteiger partial charge in [0.1, 0.15) is 5.84 Å². The number of ether oxygens (including phenoxy) is 1. The van der Waals surface area contributed by atoms with Crippen molar-refractivity contribution in [3.05, 3.63) is 23.8 Å². The van der Waals surface area contributed by atoms with Gasteiger partial charge in [-0.15, -0.1) is 11.8 Å². The van der Waals surface area contributed by atoms with Crippen LogP contribution in [0.3, 0.4) is 0 Å². The van der Waals surface area contributed by atoms with Crippen molar-refractivity contribution < 1.29 is 9.84 Å². The lowest BCUT2D eigenvalue weighted by molar-refractivity contribution is 0.0727. The van der Waals surface area contributed by atoms with Crippen LogP contribution in [0, 0.1) is 5.41 Å². The van der Waals surface area contributed by atoms with Gasteiger partial charge in [-0.3, -0.25) is 5.41 Å². The van der Waals surface area contributed by atoms with E-state index in [1.807, 2.05) is 24.5 Å². The van der Waals surface area contributed by atoms with Crippen molar-refractivity contribution in [1.29, 1.82) is 5.41 Å². The topological polar surface area (TPSA) is 82.6 Å². The standard InChI is InChI=1S/C13H19N3O2S/c1-19-11-4-2-3-10(12(11)13(14)15)16-5-6-18-8-9(16)7-17/h2-4,9,17H,5-8H2,1H3,(H3,14,15). The predicted molar refractivity (Wildman–Crippen MR) is 78.3 cm³/mol. The summed E-state index contributed by atoms with van der Waals surface area (Å²) in [6.07, 6.45) is 1.97. The van der Waals surface area contributed by atoms with Crippen LogP contribution in [0.5, 0.6) is 0 Å². The van der Waals surface area contributed by atoms with E-state index >= 15 is 0 Å². The fourth-order valence-corrected chi connectivity index (χ4v) is 2.96. The molecule has 1 fully saturated rings. The second kappa shape index (κ2) is 6.27. The van der Waals surface area contributed by atoms with Crippen LogP contribution >= 0.6 is 11.8 Å². The molecule has 0 bridgehead atoms. The first-order chi connectivity index (χ1) is 9.19. The van der Waals surface area contributed by atoms with Crippen LogP contribution in [0.25, 0.3) is 0 Å². The number of hydrogen-bond acceptors (Lipinski definition) is 5. The molecular weight excluding hydrogens is 262 g/mol. The number of nitrogen functional groups attached to an aromatic ring is 1. The minimum absolute atomic E-state index is 0.0286. The average Bonchev–Trinajstić information content (AvgIpc) is 2.46. The van der Waals surface area contributed by atoms with Crippen LogP contribution in [-0.2, 0) is 4.74 Å². The number of aliphatic hydroxyl groups is 1. The molecule has 4 N–H and O–H groups in total. The molecule has 1 aromatic rings. The summed E-state index contributed by atoms with van der Waals surface area (Å²) in [5.41, 5.74) is 7.38. The number of thioether (sulfide) groups is 1. The van der Waals surface area contributed by atoms with Gasteiger partial charge >= 0.3 is 0 Å². The summed E-state index contributed by atoms with van der Waals surface area (Å²) in [4.78, 5) is 3.06. The first kappa shape index (κ1) is 14.2. The fraction of sp³-hybridized carbons (Fsp3) is 0.462. The number of anilines is 1. The van der Waals surface area contributed by atoms with Gasteiger partial charge in [-0.05, 0) is 18.4 Å². The van der Waals surface area contributed by atoms with Gasteiger partial charge in [0.25, 0.3) is 0 Å². The largest absolute Gasteiger partial charge is 0.394 e. The number of nitrogens with two attached hydrogens (primary N) is 1. The van der Waals surface area contributed by atoms with E-state index in [1.165, 1.54) is 0 Å². The summed E-state index contributed by atoms with van der Waals surface area (Å²) in [6, 6.07) is 5.78. The summed E-state index contributed by atoms with van der Waals surface area (Å²) in [5, 5.41) is 17.3. The molecule has 0 aromatic heterocycles. The monoisotopic (exact) mass is 281 g/mol. The average molecular weight is 281 g/mol. The lowest BCUT2D eigenvalue weighted by Crippen LogP contribution is -2.48. The summed E-state index contributed by atoms with van der Waals surface area (Å²) in [6.45, 7) is 1.85. The maximum Gasteiger partial charge on any atom is 0.126 e. The summed E-state index contributed by atoms with van der Waals surface area (Å²) >= 11 is 1.57. The molecule has 1 aliphatic rings. The highest BCUT2D eigenvalue weighted by atomic mass is 32.2. The first-order valence-electron chi connectivity index (χ1n) is 6.15. The molecular formula is C13H19N3O2S. The molecule has 1 unspecified atom stereocenters. The number of amidine groups is 1. The van der Waals surface area contributed by atoms with E-state index in [0.29, 0.717) is 19.8 Å². The van der Waals surface area contributed by atoms with Crippen molar-refractivity contribution >= 4 is 23.3 Å². The number of benzene rings is 1. The van der Waals surface area contributed by atoms with Crippen molar-refractivity contribution in [3.63, 3.8) is 0 Å². The van der Waals surface area contributed by atoms with Crippen LogP contribution in [0.15, 0.2) is 23.1 Å². The molecule has 19 heavy (non-hydrogen) atoms. The van der Waals surface area contributed by atoms with E-state index in [0.717, 1.165) is 16.1 Å². The fourth-order valence-electron chi connectivity index (χ4n) is 2.32. The minimum atomic E-state index is -0.0797. The van der Waals surface area contributed by atoms with Crippen molar-refractivity contribution in [1.82, 2.24) is 0 Å². The maximum absolute atomic E-state index is 9.47. The summed E-state index contributed by atoms with van der Waals surface area (Å²) < 4.78 is 5.39. The van der Waals surface area contributed by atoms with Gasteiger partial charge in [0.2, 0.25) is 0 Å². The smallest absolute Gasteiger partial charge is 0.126 e. The molecule has 2 rings (SSSR count). The molecule has 104 valence electrons. The van der Waals surface area contributed by atoms with Gasteiger partial charge < -0.3 is 20.5 Å². The Hall–Kier alpha value is -1.24. The Bertz CT molecular complexity index is 467. The summed E-state index contributed by atoms with van der Waals surface area (Å²) in [7, 11) is 0. The van der Waals surface area contributed by atoms with E-state index < -0.39 is 0 Å². The highest BCUT2D eigenvalue weighted by molar-refractivity contribution is 7.98. The Balaban J connectivity index is 2.45. The molecule has 1 heterocycles. The number of morpholine rings is 1. The van der Waals surface area contributed by atoms with Crippen LogP contribution in [0.2, 0.25) is 0 Å². The summed E-state index contributed by atoms with van der Waals surface area (Å²) in [5.74, 6) is 0.0585. The third-order valence-electron chi connectivity index (χ3n) is 3.24. The van der Waals surface area contributed by atoms with Crippen LogP contribution in [0.1, 0.15) is 5.56 Å². The second-order valence-electron chi connectivity index (χ2n) is 4.37. The van der Waals surface area contributed by atoms with Crippen LogP contribution < -0.4 is 10.6 Å². The normalized spacial score (nSPS) is 19.5. The Morgan fingerprint density at radius 1 is 1.63 bits per heavy atom. The molecule has 1 aromatic carbocycles. The number of nitrogens with one attached hydrogen (secondary N) is 1. The SMILES string of the molecule is CSc1cccc(N2CCOCC2CO)c1C(=N)N. The van der Waals surface area contributed by atoms with Gasteiger partial charge in [0, 0.05) is 17.1 Å². The highest BCUT2D eigenvalue weighted by Crippen LogP contribution is 2.31. The van der Waals surface area contributed by atoms with Gasteiger partial charge in [0.15, 0.2) is 0 Å². The highest BCUT2D eigenvalue weighted by Gasteiger charge is 2.26. The zero-order chi connectivity index (χ0) is 13.8. The Morgan fingerprint density at radius 2 is 2.42 bits per heavy atom. The van der Waals surface area contributed by atoms with Crippen molar-refractivity contribution in [3.8, 4) is 0 Å².